The van der Waals surface area contributed by atoms with Gasteiger partial charge in [-0.25, -0.2) is 0 Å². The van der Waals surface area contributed by atoms with Crippen LogP contribution in [0.1, 0.15) is 0 Å². The molecule has 0 saturated carbocycles. The molecule has 0 saturated heterocycles. The highest BCUT2D eigenvalue weighted by molar-refractivity contribution is 6.89. The summed E-state index contributed by atoms with van der Waals surface area (Å²) in [4.78, 5) is 0. The van der Waals surface area contributed by atoms with E-state index in [2.05, 4.69) is 233 Å². The summed E-state index contributed by atoms with van der Waals surface area (Å²) in [5, 5.41) is 13.1. The fourth-order valence-electron chi connectivity index (χ4n) is 9.55. The maximum Gasteiger partial charge on any atom is 0.0776 e. The largest absolute Gasteiger partial charge is 0.0776 e. The average Bonchev–Trinajstić information content (AvgIpc) is 3.27. The topological polar surface area (TPSA) is 0 Å². The third-order valence-corrected chi connectivity index (χ3v) is 16.7. The summed E-state index contributed by atoms with van der Waals surface area (Å²) in [7, 11) is -3.19. The Morgan fingerprint density at radius 2 is 0.483 bits per heavy atom. The van der Waals surface area contributed by atoms with Gasteiger partial charge >= 0.3 is 0 Å². The van der Waals surface area contributed by atoms with Crippen LogP contribution >= 0.6 is 0 Å². The van der Waals surface area contributed by atoms with Gasteiger partial charge in [0.15, 0.2) is 0 Å². The third-order valence-electron chi connectivity index (χ3n) is 12.6. The van der Waals surface area contributed by atoms with E-state index in [4.69, 9.17) is 0 Å². The second-order valence-electron chi connectivity index (χ2n) is 18.4. The predicted molar refractivity (Wildman–Crippen MR) is 270 cm³/mol. The first kappa shape index (κ1) is 37.9. The number of benzene rings is 10. The Hall–Kier alpha value is -6.33. The fraction of sp³-hybridized carbons (Fsp3) is 0.103. The molecule has 0 fully saturated rings. The molecule has 0 bridgehead atoms. The van der Waals surface area contributed by atoms with Gasteiger partial charge in [0.25, 0.3) is 0 Å². The number of hydrogen-bond donors (Lipinski definition) is 0. The van der Waals surface area contributed by atoms with Crippen LogP contribution in [0.2, 0.25) is 39.3 Å². The van der Waals surface area contributed by atoms with Crippen LogP contribution in [0.25, 0.3) is 98.7 Å². The van der Waals surface area contributed by atoms with Gasteiger partial charge in [0, 0.05) is 0 Å². The van der Waals surface area contributed by atoms with Gasteiger partial charge in [-0.1, -0.05) is 244 Å². The van der Waals surface area contributed by atoms with Gasteiger partial charge in [-0.2, -0.15) is 0 Å². The van der Waals surface area contributed by atoms with Crippen molar-refractivity contribution < 1.29 is 0 Å². The van der Waals surface area contributed by atoms with Gasteiger partial charge < -0.3 is 0 Å². The van der Waals surface area contributed by atoms with Crippen LogP contribution in [0.4, 0.5) is 0 Å². The Balaban J connectivity index is 1.33. The van der Waals surface area contributed by atoms with E-state index in [0.717, 1.165) is 0 Å². The van der Waals surface area contributed by atoms with Crippen LogP contribution in [0, 0.1) is 0 Å². The van der Waals surface area contributed by atoms with E-state index in [1.807, 2.05) is 0 Å². The van der Waals surface area contributed by atoms with Crippen molar-refractivity contribution in [1.29, 1.82) is 0 Å². The highest BCUT2D eigenvalue weighted by Crippen LogP contribution is 2.51. The molecule has 10 aromatic carbocycles. The molecule has 0 atom stereocenters. The molecule has 0 unspecified atom stereocenters. The van der Waals surface area contributed by atoms with Crippen LogP contribution in [-0.2, 0) is 0 Å². The maximum atomic E-state index is 2.49. The van der Waals surface area contributed by atoms with Gasteiger partial charge in [0.1, 0.15) is 0 Å². The minimum absolute atomic E-state index is 1.25. The Bertz CT molecular complexity index is 2920. The molecule has 0 amide bonds. The molecule has 0 aliphatic heterocycles. The molecule has 0 heterocycles. The monoisotopic (exact) mass is 802 g/mol. The third kappa shape index (κ3) is 6.43. The summed E-state index contributed by atoms with van der Waals surface area (Å²) in [5.74, 6) is 0. The van der Waals surface area contributed by atoms with Crippen LogP contribution in [0.5, 0.6) is 0 Å². The fourth-order valence-corrected chi connectivity index (χ4v) is 11.9. The van der Waals surface area contributed by atoms with Gasteiger partial charge in [-0.15, -0.1) is 0 Å². The van der Waals surface area contributed by atoms with Crippen LogP contribution in [-0.4, -0.2) is 16.1 Å². The quantitative estimate of drug-likeness (QED) is 0.111. The molecule has 0 nitrogen and oxygen atoms in total. The SMILES string of the molecule is C[Si](C)(C)c1ccc(-c2c3ccccc3c(-c3c4ccccc4c(-c4ccc([Si](C)(C)C)cc4-c4ccccc4)c4ccccc34)c3ccccc23)c(-c2ccccc2)c1. The normalized spacial score (nSPS) is 12.2. The number of rotatable bonds is 7. The summed E-state index contributed by atoms with van der Waals surface area (Å²) in [6, 6.07) is 73.3. The zero-order valence-electron chi connectivity index (χ0n) is 35.5. The first-order valence-electron chi connectivity index (χ1n) is 21.4. The molecule has 0 aromatic heterocycles. The zero-order valence-corrected chi connectivity index (χ0v) is 37.5. The average molecular weight is 803 g/mol. The van der Waals surface area contributed by atoms with Crippen LogP contribution < -0.4 is 10.4 Å². The lowest BCUT2D eigenvalue weighted by Gasteiger charge is -2.25. The highest BCUT2D eigenvalue weighted by Gasteiger charge is 2.26. The minimum Gasteiger partial charge on any atom is -0.0656 e. The molecular formula is C58H50Si2. The lowest BCUT2D eigenvalue weighted by atomic mass is 9.79. The second-order valence-corrected chi connectivity index (χ2v) is 28.6. The molecule has 0 radical (unpaired) electrons. The van der Waals surface area contributed by atoms with Crippen LogP contribution in [0.15, 0.2) is 194 Å². The van der Waals surface area contributed by atoms with E-state index < -0.39 is 16.1 Å². The van der Waals surface area contributed by atoms with Crippen molar-refractivity contribution in [2.45, 2.75) is 39.3 Å². The molecule has 0 aliphatic rings. The Morgan fingerprint density at radius 3 is 0.750 bits per heavy atom. The Kier molecular flexibility index (Phi) is 9.32. The molecule has 10 aromatic rings. The summed E-state index contributed by atoms with van der Waals surface area (Å²) < 4.78 is 0. The summed E-state index contributed by atoms with van der Waals surface area (Å²) in [5.41, 5.74) is 12.8. The van der Waals surface area contributed by atoms with Gasteiger partial charge in [-0.05, 0) is 98.7 Å². The summed E-state index contributed by atoms with van der Waals surface area (Å²) in [6.07, 6.45) is 0. The Morgan fingerprint density at radius 1 is 0.233 bits per heavy atom. The van der Waals surface area contributed by atoms with E-state index in [-0.39, 0.29) is 0 Å². The highest BCUT2D eigenvalue weighted by atomic mass is 28.3. The number of fused-ring (bicyclic) bond motifs is 4. The Labute approximate surface area is 356 Å². The molecule has 0 N–H and O–H groups in total. The predicted octanol–water partition coefficient (Wildman–Crippen LogP) is 15.7. The minimum atomic E-state index is -1.60. The summed E-state index contributed by atoms with van der Waals surface area (Å²) >= 11 is 0. The lowest BCUT2D eigenvalue weighted by molar-refractivity contribution is 1.60. The van der Waals surface area contributed by atoms with Crippen molar-refractivity contribution in [2.24, 2.45) is 0 Å². The number of hydrogen-bond acceptors (Lipinski definition) is 0. The summed E-state index contributed by atoms with van der Waals surface area (Å²) in [6.45, 7) is 14.7. The van der Waals surface area contributed by atoms with E-state index in [0.29, 0.717) is 0 Å². The van der Waals surface area contributed by atoms with Crippen molar-refractivity contribution in [3.05, 3.63) is 194 Å². The van der Waals surface area contributed by atoms with Crippen molar-refractivity contribution in [2.75, 3.05) is 0 Å². The lowest BCUT2D eigenvalue weighted by Crippen LogP contribution is -2.37. The van der Waals surface area contributed by atoms with Crippen molar-refractivity contribution in [3.63, 3.8) is 0 Å². The first-order valence-corrected chi connectivity index (χ1v) is 28.4. The van der Waals surface area contributed by atoms with E-state index in [9.17, 15) is 0 Å². The van der Waals surface area contributed by atoms with Gasteiger partial charge in [0.05, 0.1) is 16.1 Å². The molecule has 10 rings (SSSR count). The van der Waals surface area contributed by atoms with Gasteiger partial charge in [0.2, 0.25) is 0 Å². The van der Waals surface area contributed by atoms with Crippen molar-refractivity contribution >= 4 is 69.6 Å². The smallest absolute Gasteiger partial charge is 0.0656 e. The van der Waals surface area contributed by atoms with Gasteiger partial charge in [-0.3, -0.25) is 0 Å². The van der Waals surface area contributed by atoms with E-state index in [1.165, 1.54) is 109 Å². The van der Waals surface area contributed by atoms with E-state index >= 15 is 0 Å². The molecule has 2 heteroatoms. The molecule has 290 valence electrons. The maximum absolute atomic E-state index is 2.49. The molecule has 60 heavy (non-hydrogen) atoms. The zero-order chi connectivity index (χ0) is 41.2. The standard InChI is InChI=1S/C58H50Si2/c1-59(2,3)41-33-35-51(53(37-41)39-21-9-7-10-22-39)55-43-25-13-17-29-47(43)57(48-30-18-14-26-44(48)55)58-49-31-19-15-27-45(49)56(46-28-16-20-32-50(46)58)52-36-34-42(60(4,5)6)38-54(52)40-23-11-8-12-24-40/h7-38H,1-6H3. The van der Waals surface area contributed by atoms with E-state index in [1.54, 1.807) is 0 Å². The second kappa shape index (κ2) is 14.7. The molecular weight excluding hydrogens is 753 g/mol. The van der Waals surface area contributed by atoms with Crippen LogP contribution in [0.3, 0.4) is 0 Å². The molecule has 0 aliphatic carbocycles. The van der Waals surface area contributed by atoms with Crippen molar-refractivity contribution in [1.82, 2.24) is 0 Å². The van der Waals surface area contributed by atoms with Crippen molar-refractivity contribution in [3.8, 4) is 55.6 Å². The first-order chi connectivity index (χ1) is 29.1. The molecule has 0 spiro atoms.